The molecule has 6 nitrogen and oxygen atoms in total. The number of rotatable bonds is 6. The summed E-state index contributed by atoms with van der Waals surface area (Å²) in [7, 11) is 0. The molecule has 0 bridgehead atoms. The predicted molar refractivity (Wildman–Crippen MR) is 117 cm³/mol. The van der Waals surface area contributed by atoms with E-state index < -0.39 is 17.7 Å². The number of ketones is 1. The molecule has 2 fully saturated rings. The SMILES string of the molecule is Cc1cc(/C(O)=C2/C(=O)C(=O)N(C3CCCC3)C2c2ccco2)ccc1OCC(C)C. The van der Waals surface area contributed by atoms with E-state index in [1.807, 2.05) is 6.92 Å². The van der Waals surface area contributed by atoms with Gasteiger partial charge in [0.2, 0.25) is 0 Å². The lowest BCUT2D eigenvalue weighted by atomic mass is 9.98. The molecule has 1 aliphatic heterocycles. The van der Waals surface area contributed by atoms with Gasteiger partial charge in [0.05, 0.1) is 18.4 Å². The topological polar surface area (TPSA) is 80.0 Å². The number of hydrogen-bond donors (Lipinski definition) is 1. The van der Waals surface area contributed by atoms with Crippen molar-refractivity contribution in [2.45, 2.75) is 58.5 Å². The van der Waals surface area contributed by atoms with E-state index in [1.165, 1.54) is 6.26 Å². The zero-order chi connectivity index (χ0) is 22.1. The number of carbonyl (C=O) groups is 2. The Labute approximate surface area is 182 Å². The fourth-order valence-corrected chi connectivity index (χ4v) is 4.51. The average molecular weight is 424 g/mol. The van der Waals surface area contributed by atoms with Crippen molar-refractivity contribution in [1.82, 2.24) is 4.90 Å². The summed E-state index contributed by atoms with van der Waals surface area (Å²) in [5, 5.41) is 11.2. The molecule has 2 aromatic rings. The summed E-state index contributed by atoms with van der Waals surface area (Å²) in [5.41, 5.74) is 1.42. The van der Waals surface area contributed by atoms with Crippen molar-refractivity contribution in [3.63, 3.8) is 0 Å². The van der Waals surface area contributed by atoms with E-state index in [0.29, 0.717) is 23.8 Å². The van der Waals surface area contributed by atoms with Crippen molar-refractivity contribution in [1.29, 1.82) is 0 Å². The van der Waals surface area contributed by atoms with E-state index in [2.05, 4.69) is 13.8 Å². The first-order chi connectivity index (χ1) is 14.9. The van der Waals surface area contributed by atoms with E-state index in [9.17, 15) is 14.7 Å². The number of amides is 1. The summed E-state index contributed by atoms with van der Waals surface area (Å²) in [5.74, 6) is 0.207. The number of Topliss-reactive ketones (excluding diaryl/α,β-unsaturated/α-hetero) is 1. The third-order valence-corrected chi connectivity index (χ3v) is 6.03. The monoisotopic (exact) mass is 423 g/mol. The van der Waals surface area contributed by atoms with Crippen molar-refractivity contribution in [3.8, 4) is 5.75 Å². The Morgan fingerprint density at radius 3 is 2.58 bits per heavy atom. The molecule has 2 aliphatic rings. The number of nitrogens with zero attached hydrogens (tertiary/aromatic N) is 1. The number of hydrogen-bond acceptors (Lipinski definition) is 5. The van der Waals surface area contributed by atoms with Gasteiger partial charge in [0.25, 0.3) is 11.7 Å². The Morgan fingerprint density at radius 2 is 1.97 bits per heavy atom. The van der Waals surface area contributed by atoms with Crippen LogP contribution in [-0.4, -0.2) is 34.3 Å². The number of aliphatic hydroxyl groups excluding tert-OH is 1. The van der Waals surface area contributed by atoms with E-state index in [1.54, 1.807) is 35.2 Å². The second-order valence-electron chi connectivity index (χ2n) is 8.85. The van der Waals surface area contributed by atoms with Gasteiger partial charge in [-0.2, -0.15) is 0 Å². The number of ether oxygens (including phenoxy) is 1. The Balaban J connectivity index is 1.75. The van der Waals surface area contributed by atoms with Crippen LogP contribution in [0.15, 0.2) is 46.6 Å². The summed E-state index contributed by atoms with van der Waals surface area (Å²) >= 11 is 0. The highest BCUT2D eigenvalue weighted by Crippen LogP contribution is 2.43. The van der Waals surface area contributed by atoms with E-state index in [-0.39, 0.29) is 17.4 Å². The number of aliphatic hydroxyl groups is 1. The minimum atomic E-state index is -0.713. The zero-order valence-corrected chi connectivity index (χ0v) is 18.3. The first kappa shape index (κ1) is 21.2. The van der Waals surface area contributed by atoms with E-state index in [0.717, 1.165) is 37.0 Å². The van der Waals surface area contributed by atoms with Crippen LogP contribution in [0.4, 0.5) is 0 Å². The summed E-state index contributed by atoms with van der Waals surface area (Å²) in [6.45, 7) is 6.64. The van der Waals surface area contributed by atoms with Crippen LogP contribution in [0.2, 0.25) is 0 Å². The molecule has 0 spiro atoms. The molecule has 1 N–H and O–H groups in total. The van der Waals surface area contributed by atoms with Crippen LogP contribution in [0.25, 0.3) is 5.76 Å². The van der Waals surface area contributed by atoms with Gasteiger partial charge in [-0.3, -0.25) is 9.59 Å². The third kappa shape index (κ3) is 3.99. The Kier molecular flexibility index (Phi) is 5.90. The molecule has 31 heavy (non-hydrogen) atoms. The third-order valence-electron chi connectivity index (χ3n) is 6.03. The molecule has 1 aromatic heterocycles. The summed E-state index contributed by atoms with van der Waals surface area (Å²) in [6.07, 6.45) is 5.27. The van der Waals surface area contributed by atoms with Crippen LogP contribution >= 0.6 is 0 Å². The Hall–Kier alpha value is -3.02. The van der Waals surface area contributed by atoms with E-state index in [4.69, 9.17) is 9.15 Å². The molecular formula is C25H29NO5. The van der Waals surface area contributed by atoms with Crippen LogP contribution < -0.4 is 4.74 Å². The van der Waals surface area contributed by atoms with Crippen LogP contribution in [0, 0.1) is 12.8 Å². The molecule has 164 valence electrons. The highest BCUT2D eigenvalue weighted by atomic mass is 16.5. The molecule has 1 aromatic carbocycles. The molecular weight excluding hydrogens is 394 g/mol. The first-order valence-electron chi connectivity index (χ1n) is 11.0. The van der Waals surface area contributed by atoms with Gasteiger partial charge in [-0.15, -0.1) is 0 Å². The lowest BCUT2D eigenvalue weighted by Gasteiger charge is -2.29. The number of aryl methyl sites for hydroxylation is 1. The lowest BCUT2D eigenvalue weighted by Crippen LogP contribution is -2.37. The minimum absolute atomic E-state index is 0.0228. The minimum Gasteiger partial charge on any atom is -0.507 e. The molecule has 1 saturated carbocycles. The number of benzene rings is 1. The van der Waals surface area contributed by atoms with Gasteiger partial charge in [0, 0.05) is 11.6 Å². The fraction of sp³-hybridized carbons (Fsp3) is 0.440. The van der Waals surface area contributed by atoms with Crippen LogP contribution in [0.5, 0.6) is 5.75 Å². The van der Waals surface area contributed by atoms with Crippen LogP contribution in [0.1, 0.15) is 62.5 Å². The number of carbonyl (C=O) groups excluding carboxylic acids is 2. The van der Waals surface area contributed by atoms with Crippen LogP contribution in [-0.2, 0) is 9.59 Å². The maximum atomic E-state index is 13.0. The van der Waals surface area contributed by atoms with Gasteiger partial charge >= 0.3 is 0 Å². The molecule has 4 rings (SSSR count). The summed E-state index contributed by atoms with van der Waals surface area (Å²) in [4.78, 5) is 27.6. The normalized spacial score (nSPS) is 21.4. The molecule has 1 amide bonds. The summed E-state index contributed by atoms with van der Waals surface area (Å²) < 4.78 is 11.4. The number of furan rings is 1. The van der Waals surface area contributed by atoms with Crippen molar-refractivity contribution in [3.05, 3.63) is 59.1 Å². The largest absolute Gasteiger partial charge is 0.507 e. The molecule has 1 aliphatic carbocycles. The maximum absolute atomic E-state index is 13.0. The van der Waals surface area contributed by atoms with Gasteiger partial charge in [-0.25, -0.2) is 0 Å². The molecule has 1 atom stereocenters. The Bertz CT molecular complexity index is 999. The smallest absolute Gasteiger partial charge is 0.296 e. The van der Waals surface area contributed by atoms with E-state index >= 15 is 0 Å². The van der Waals surface area contributed by atoms with Crippen molar-refractivity contribution >= 4 is 17.4 Å². The zero-order valence-electron chi connectivity index (χ0n) is 18.3. The highest BCUT2D eigenvalue weighted by Gasteiger charge is 2.50. The van der Waals surface area contributed by atoms with Crippen molar-refractivity contribution in [2.24, 2.45) is 5.92 Å². The quantitative estimate of drug-likeness (QED) is 0.402. The van der Waals surface area contributed by atoms with Gasteiger partial charge in [-0.05, 0) is 61.6 Å². The predicted octanol–water partition coefficient (Wildman–Crippen LogP) is 4.99. The van der Waals surface area contributed by atoms with Gasteiger partial charge in [-0.1, -0.05) is 26.7 Å². The molecule has 1 saturated heterocycles. The van der Waals surface area contributed by atoms with Crippen molar-refractivity contribution < 1.29 is 23.8 Å². The van der Waals surface area contributed by atoms with Gasteiger partial charge in [0.1, 0.15) is 23.3 Å². The molecule has 1 unspecified atom stereocenters. The average Bonchev–Trinajstić information content (AvgIpc) is 3.48. The van der Waals surface area contributed by atoms with Gasteiger partial charge in [0.15, 0.2) is 0 Å². The highest BCUT2D eigenvalue weighted by molar-refractivity contribution is 6.46. The standard InChI is InChI=1S/C25H29NO5/c1-15(2)14-31-19-11-10-17(13-16(19)3)23(27)21-22(20-9-6-12-30-20)26(25(29)24(21)28)18-7-4-5-8-18/h6,9-13,15,18,22,27H,4-5,7-8,14H2,1-3H3/b23-21-. The second-order valence-corrected chi connectivity index (χ2v) is 8.85. The van der Waals surface area contributed by atoms with Crippen LogP contribution in [0.3, 0.4) is 0 Å². The lowest BCUT2D eigenvalue weighted by molar-refractivity contribution is -0.141. The number of likely N-dealkylation sites (tertiary alicyclic amines) is 1. The molecule has 0 radical (unpaired) electrons. The Morgan fingerprint density at radius 1 is 1.23 bits per heavy atom. The fourth-order valence-electron chi connectivity index (χ4n) is 4.51. The molecule has 6 heteroatoms. The maximum Gasteiger partial charge on any atom is 0.296 e. The van der Waals surface area contributed by atoms with Gasteiger partial charge < -0.3 is 19.2 Å². The van der Waals surface area contributed by atoms with Crippen molar-refractivity contribution in [2.75, 3.05) is 6.61 Å². The summed E-state index contributed by atoms with van der Waals surface area (Å²) in [6, 6.07) is 8.05. The first-order valence-corrected chi connectivity index (χ1v) is 11.0. The molecule has 2 heterocycles. The second kappa shape index (κ2) is 8.61.